The van der Waals surface area contributed by atoms with Gasteiger partial charge < -0.3 is 24.6 Å². The topological polar surface area (TPSA) is 97.3 Å². The summed E-state index contributed by atoms with van der Waals surface area (Å²) >= 11 is 6.14. The summed E-state index contributed by atoms with van der Waals surface area (Å²) in [5, 5.41) is 13.1. The lowest BCUT2D eigenvalue weighted by Gasteiger charge is -2.33. The molecule has 0 spiro atoms. The number of benzene rings is 3. The quantitative estimate of drug-likeness (QED) is 0.405. The smallest absolute Gasteiger partial charge is 0.259 e. The molecule has 1 unspecified atom stereocenters. The van der Waals surface area contributed by atoms with Gasteiger partial charge in [0.2, 0.25) is 5.91 Å². The number of fused-ring (bicyclic) bond motifs is 1. The van der Waals surface area contributed by atoms with Gasteiger partial charge in [0, 0.05) is 17.3 Å². The van der Waals surface area contributed by atoms with E-state index in [9.17, 15) is 19.1 Å². The van der Waals surface area contributed by atoms with Gasteiger partial charge in [0.1, 0.15) is 25.1 Å². The Hall–Kier alpha value is -3.98. The van der Waals surface area contributed by atoms with Crippen LogP contribution in [-0.4, -0.2) is 43.3 Å². The van der Waals surface area contributed by atoms with Crippen molar-refractivity contribution >= 4 is 29.1 Å². The molecule has 1 heterocycles. The Morgan fingerprint density at radius 3 is 2.51 bits per heavy atom. The molecule has 2 N–H and O–H groups in total. The van der Waals surface area contributed by atoms with E-state index in [0.29, 0.717) is 30.3 Å². The molecule has 39 heavy (non-hydrogen) atoms. The minimum absolute atomic E-state index is 0.0398. The normalized spacial score (nSPS) is 15.5. The van der Waals surface area contributed by atoms with Gasteiger partial charge >= 0.3 is 0 Å². The lowest BCUT2D eigenvalue weighted by molar-refractivity contribution is -0.123. The maximum Gasteiger partial charge on any atom is 0.259 e. The molecule has 204 valence electrons. The van der Waals surface area contributed by atoms with E-state index in [4.69, 9.17) is 25.8 Å². The first-order valence-electron chi connectivity index (χ1n) is 12.7. The minimum atomic E-state index is -1.21. The van der Waals surface area contributed by atoms with E-state index >= 15 is 0 Å². The second kappa shape index (κ2) is 11.4. The van der Waals surface area contributed by atoms with Crippen molar-refractivity contribution in [2.75, 3.05) is 25.2 Å². The molecule has 1 aliphatic heterocycles. The van der Waals surface area contributed by atoms with E-state index in [-0.39, 0.29) is 33.8 Å². The number of aromatic hydroxyl groups is 1. The van der Waals surface area contributed by atoms with Crippen molar-refractivity contribution in [3.63, 3.8) is 0 Å². The maximum atomic E-state index is 14.2. The zero-order chi connectivity index (χ0) is 27.5. The largest absolute Gasteiger partial charge is 0.504 e. The zero-order valence-corrected chi connectivity index (χ0v) is 22.0. The van der Waals surface area contributed by atoms with Crippen LogP contribution >= 0.6 is 11.6 Å². The summed E-state index contributed by atoms with van der Waals surface area (Å²) < 4.78 is 30.7. The summed E-state index contributed by atoms with van der Waals surface area (Å²) in [5.41, 5.74) is 0.815. The number of amides is 2. The zero-order valence-electron chi connectivity index (χ0n) is 21.3. The van der Waals surface area contributed by atoms with Gasteiger partial charge in [0.25, 0.3) is 5.91 Å². The molecule has 3 aromatic carbocycles. The first-order chi connectivity index (χ1) is 18.9. The number of nitrogens with one attached hydrogen (secondary N) is 1. The molecule has 1 atom stereocenters. The summed E-state index contributed by atoms with van der Waals surface area (Å²) in [4.78, 5) is 29.5. The summed E-state index contributed by atoms with van der Waals surface area (Å²) in [6, 6.07) is 11.8. The average Bonchev–Trinajstić information content (AvgIpc) is 3.46. The maximum absolute atomic E-state index is 14.2. The van der Waals surface area contributed by atoms with Crippen LogP contribution in [0.1, 0.15) is 47.6 Å². The molecule has 1 saturated carbocycles. The number of carbonyl (C=O) groups excluding carboxylic acids is 2. The van der Waals surface area contributed by atoms with Gasteiger partial charge in [-0.25, -0.2) is 4.39 Å². The molecule has 5 rings (SSSR count). The highest BCUT2D eigenvalue weighted by Gasteiger charge is 2.36. The fourth-order valence-corrected chi connectivity index (χ4v) is 5.14. The minimum Gasteiger partial charge on any atom is -0.504 e. The highest BCUT2D eigenvalue weighted by molar-refractivity contribution is 6.31. The summed E-state index contributed by atoms with van der Waals surface area (Å²) in [6.07, 6.45) is 3.65. The van der Waals surface area contributed by atoms with Gasteiger partial charge in [0.05, 0.1) is 12.1 Å². The monoisotopic (exact) mass is 554 g/mol. The van der Waals surface area contributed by atoms with Gasteiger partial charge in [-0.3, -0.25) is 14.5 Å². The summed E-state index contributed by atoms with van der Waals surface area (Å²) in [7, 11) is 1.39. The fraction of sp³-hybridized carbons (Fsp3) is 0.310. The summed E-state index contributed by atoms with van der Waals surface area (Å²) in [6.45, 7) is 0.730. The number of hydrogen-bond donors (Lipinski definition) is 2. The Morgan fingerprint density at radius 1 is 1.05 bits per heavy atom. The fourth-order valence-electron chi connectivity index (χ4n) is 4.97. The Kier molecular flexibility index (Phi) is 7.79. The van der Waals surface area contributed by atoms with E-state index in [0.717, 1.165) is 31.7 Å². The molecule has 0 saturated heterocycles. The third-order valence-electron chi connectivity index (χ3n) is 6.92. The van der Waals surface area contributed by atoms with Crippen LogP contribution in [0.15, 0.2) is 54.6 Å². The van der Waals surface area contributed by atoms with E-state index in [2.05, 4.69) is 5.32 Å². The van der Waals surface area contributed by atoms with Crippen molar-refractivity contribution in [3.8, 4) is 23.0 Å². The second-order valence-electron chi connectivity index (χ2n) is 9.46. The van der Waals surface area contributed by atoms with Crippen LogP contribution < -0.4 is 24.4 Å². The Bertz CT molecular complexity index is 1390. The van der Waals surface area contributed by atoms with Crippen molar-refractivity contribution in [1.29, 1.82) is 0 Å². The van der Waals surface area contributed by atoms with Crippen LogP contribution in [0.4, 0.5) is 10.1 Å². The van der Waals surface area contributed by atoms with Gasteiger partial charge in [0.15, 0.2) is 23.0 Å². The van der Waals surface area contributed by atoms with E-state index < -0.39 is 23.7 Å². The first kappa shape index (κ1) is 26.6. The van der Waals surface area contributed by atoms with E-state index in [1.54, 1.807) is 24.3 Å². The Balaban J connectivity index is 1.65. The predicted molar refractivity (Wildman–Crippen MR) is 143 cm³/mol. The molecule has 2 amide bonds. The van der Waals surface area contributed by atoms with E-state index in [1.807, 2.05) is 0 Å². The number of hydrogen-bond acceptors (Lipinski definition) is 6. The number of carbonyl (C=O) groups is 2. The average molecular weight is 555 g/mol. The lowest BCUT2D eigenvalue weighted by Crippen LogP contribution is -2.46. The van der Waals surface area contributed by atoms with Crippen LogP contribution in [-0.2, 0) is 4.79 Å². The van der Waals surface area contributed by atoms with Crippen molar-refractivity contribution in [2.45, 2.75) is 37.8 Å². The predicted octanol–water partition coefficient (Wildman–Crippen LogP) is 5.41. The third-order valence-corrected chi connectivity index (χ3v) is 7.21. The lowest BCUT2D eigenvalue weighted by atomic mass is 10.00. The van der Waals surface area contributed by atoms with E-state index in [1.165, 1.54) is 36.3 Å². The van der Waals surface area contributed by atoms with Crippen molar-refractivity contribution < 1.29 is 33.3 Å². The number of phenolic OH excluding ortho intramolecular Hbond substituents is 1. The van der Waals surface area contributed by atoms with Crippen LogP contribution in [0.2, 0.25) is 5.02 Å². The molecule has 0 aromatic heterocycles. The Labute approximate surface area is 230 Å². The molecular formula is C29H28ClFN2O6. The standard InChI is InChI=1S/C29H28ClFN2O6/c1-37-25-14-17(6-10-23(25)34)27(28(35)32-19-4-2-3-5-19)33(20-8-9-22(31)21(30)16-20)29(36)18-7-11-24-26(15-18)39-13-12-38-24/h6-11,14-16,19,27,34H,2-5,12-13H2,1H3,(H,32,35). The molecule has 3 aromatic rings. The molecule has 0 radical (unpaired) electrons. The highest BCUT2D eigenvalue weighted by atomic mass is 35.5. The van der Waals surface area contributed by atoms with Crippen LogP contribution in [0.25, 0.3) is 0 Å². The Morgan fingerprint density at radius 2 is 1.79 bits per heavy atom. The first-order valence-corrected chi connectivity index (χ1v) is 13.1. The molecular weight excluding hydrogens is 527 g/mol. The number of halogens is 2. The molecule has 1 fully saturated rings. The molecule has 2 aliphatic rings. The highest BCUT2D eigenvalue weighted by Crippen LogP contribution is 2.38. The molecule has 10 heteroatoms. The second-order valence-corrected chi connectivity index (χ2v) is 9.86. The molecule has 0 bridgehead atoms. The van der Waals surface area contributed by atoms with Crippen LogP contribution in [0.5, 0.6) is 23.0 Å². The van der Waals surface area contributed by atoms with Crippen molar-refractivity contribution in [3.05, 3.63) is 76.6 Å². The number of phenols is 1. The summed E-state index contributed by atoms with van der Waals surface area (Å²) in [5.74, 6) is -0.712. The number of ether oxygens (including phenoxy) is 3. The van der Waals surface area contributed by atoms with Crippen molar-refractivity contribution in [1.82, 2.24) is 5.32 Å². The molecule has 1 aliphatic carbocycles. The molecule has 8 nitrogen and oxygen atoms in total. The van der Waals surface area contributed by atoms with Crippen molar-refractivity contribution in [2.24, 2.45) is 0 Å². The number of methoxy groups -OCH3 is 1. The number of anilines is 1. The SMILES string of the molecule is COc1cc(C(C(=O)NC2CCCC2)N(C(=O)c2ccc3c(c2)OCCO3)c2ccc(F)c(Cl)c2)ccc1O. The van der Waals surface area contributed by atoms with Crippen LogP contribution in [0.3, 0.4) is 0 Å². The van der Waals surface area contributed by atoms with Gasteiger partial charge in [-0.2, -0.15) is 0 Å². The van der Waals surface area contributed by atoms with Gasteiger partial charge in [-0.1, -0.05) is 30.5 Å². The third kappa shape index (κ3) is 5.59. The van der Waals surface area contributed by atoms with Gasteiger partial charge in [-0.15, -0.1) is 0 Å². The van der Waals surface area contributed by atoms with Gasteiger partial charge in [-0.05, 0) is 66.9 Å². The number of rotatable bonds is 7. The number of nitrogens with zero attached hydrogens (tertiary/aromatic N) is 1. The van der Waals surface area contributed by atoms with Crippen LogP contribution in [0, 0.1) is 5.82 Å².